The molecule has 3 atom stereocenters. The molecule has 0 aromatic heterocycles. The maximum atomic E-state index is 12.0. The van der Waals surface area contributed by atoms with E-state index < -0.39 is 5.60 Å². The Kier molecular flexibility index (Phi) is 6.13. The van der Waals surface area contributed by atoms with E-state index >= 15 is 0 Å². The van der Waals surface area contributed by atoms with Crippen molar-refractivity contribution in [2.24, 2.45) is 5.92 Å². The lowest BCUT2D eigenvalue weighted by Crippen LogP contribution is -2.51. The van der Waals surface area contributed by atoms with Crippen molar-refractivity contribution in [2.45, 2.75) is 103 Å². The first-order valence-electron chi connectivity index (χ1n) is 9.11. The molecule has 2 aliphatic carbocycles. The summed E-state index contributed by atoms with van der Waals surface area (Å²) in [6.07, 6.45) is 9.95. The third-order valence-corrected chi connectivity index (χ3v) is 5.05. The van der Waals surface area contributed by atoms with E-state index in [2.05, 4.69) is 17.6 Å². The lowest BCUT2D eigenvalue weighted by atomic mass is 9.84. The van der Waals surface area contributed by atoms with Gasteiger partial charge in [0, 0.05) is 18.1 Å². The summed E-state index contributed by atoms with van der Waals surface area (Å²) < 4.78 is 5.39. The summed E-state index contributed by atoms with van der Waals surface area (Å²) in [5, 5.41) is 6.87. The Morgan fingerprint density at radius 1 is 1.00 bits per heavy atom. The van der Waals surface area contributed by atoms with Gasteiger partial charge in [-0.2, -0.15) is 0 Å². The minimum absolute atomic E-state index is 0.209. The van der Waals surface area contributed by atoms with Crippen LogP contribution in [0.3, 0.4) is 0 Å². The molecule has 0 saturated heterocycles. The fourth-order valence-corrected chi connectivity index (χ4v) is 3.90. The molecule has 2 aliphatic rings. The van der Waals surface area contributed by atoms with Crippen LogP contribution in [-0.2, 0) is 4.74 Å². The molecule has 0 bridgehead atoms. The van der Waals surface area contributed by atoms with E-state index in [9.17, 15) is 4.79 Å². The molecule has 2 saturated carbocycles. The molecule has 4 heteroatoms. The van der Waals surface area contributed by atoms with Gasteiger partial charge < -0.3 is 15.4 Å². The number of hydrogen-bond acceptors (Lipinski definition) is 3. The molecule has 2 fully saturated rings. The maximum absolute atomic E-state index is 12.0. The first-order chi connectivity index (χ1) is 10.3. The van der Waals surface area contributed by atoms with Crippen LogP contribution in [0.1, 0.15) is 79.1 Å². The van der Waals surface area contributed by atoms with E-state index in [-0.39, 0.29) is 12.1 Å². The summed E-state index contributed by atoms with van der Waals surface area (Å²) >= 11 is 0. The lowest BCUT2D eigenvalue weighted by Gasteiger charge is -2.33. The van der Waals surface area contributed by atoms with Gasteiger partial charge in [-0.25, -0.2) is 4.79 Å². The molecule has 0 aromatic rings. The van der Waals surface area contributed by atoms with Crippen molar-refractivity contribution in [3.05, 3.63) is 0 Å². The maximum Gasteiger partial charge on any atom is 0.407 e. The number of hydrogen-bond donors (Lipinski definition) is 2. The Morgan fingerprint density at radius 3 is 2.27 bits per heavy atom. The van der Waals surface area contributed by atoms with Gasteiger partial charge in [-0.3, -0.25) is 0 Å². The van der Waals surface area contributed by atoms with E-state index in [1.54, 1.807) is 0 Å². The minimum atomic E-state index is -0.430. The van der Waals surface area contributed by atoms with Crippen LogP contribution in [0.4, 0.5) is 4.79 Å². The van der Waals surface area contributed by atoms with Crippen molar-refractivity contribution in [1.29, 1.82) is 0 Å². The Hall–Kier alpha value is -0.770. The van der Waals surface area contributed by atoms with E-state index in [4.69, 9.17) is 4.74 Å². The van der Waals surface area contributed by atoms with Gasteiger partial charge in [-0.05, 0) is 65.7 Å². The zero-order chi connectivity index (χ0) is 16.2. The van der Waals surface area contributed by atoms with Crippen LogP contribution < -0.4 is 10.6 Å². The number of ether oxygens (including phenoxy) is 1. The largest absolute Gasteiger partial charge is 0.444 e. The minimum Gasteiger partial charge on any atom is -0.444 e. The van der Waals surface area contributed by atoms with Gasteiger partial charge in [-0.1, -0.05) is 19.3 Å². The van der Waals surface area contributed by atoms with E-state index in [0.717, 1.165) is 18.8 Å². The Labute approximate surface area is 135 Å². The van der Waals surface area contributed by atoms with Gasteiger partial charge in [0.05, 0.1) is 0 Å². The fraction of sp³-hybridized carbons (Fsp3) is 0.944. The second kappa shape index (κ2) is 7.67. The molecule has 4 nitrogen and oxygen atoms in total. The van der Waals surface area contributed by atoms with Crippen LogP contribution in [0.25, 0.3) is 0 Å². The summed E-state index contributed by atoms with van der Waals surface area (Å²) in [5.74, 6) is 0.802. The highest BCUT2D eigenvalue weighted by atomic mass is 16.6. The van der Waals surface area contributed by atoms with Crippen molar-refractivity contribution >= 4 is 6.09 Å². The summed E-state index contributed by atoms with van der Waals surface area (Å²) in [6, 6.07) is 1.15. The highest BCUT2D eigenvalue weighted by Crippen LogP contribution is 2.28. The first kappa shape index (κ1) is 17.6. The molecule has 1 amide bonds. The molecule has 22 heavy (non-hydrogen) atoms. The SMILES string of the molecule is CC(NC1CCCC1NC(=O)OC(C)(C)C)C1CCCCC1. The molecule has 0 aromatic carbocycles. The highest BCUT2D eigenvalue weighted by Gasteiger charge is 2.32. The van der Waals surface area contributed by atoms with Gasteiger partial charge in [0.25, 0.3) is 0 Å². The normalized spacial score (nSPS) is 28.4. The molecule has 3 unspecified atom stereocenters. The van der Waals surface area contributed by atoms with E-state index in [1.807, 2.05) is 20.8 Å². The topological polar surface area (TPSA) is 50.4 Å². The van der Waals surface area contributed by atoms with Crippen LogP contribution in [0.5, 0.6) is 0 Å². The number of alkyl carbamates (subject to hydrolysis) is 1. The Balaban J connectivity index is 1.81. The fourth-order valence-electron chi connectivity index (χ4n) is 3.90. The summed E-state index contributed by atoms with van der Waals surface area (Å²) in [4.78, 5) is 12.0. The molecule has 2 N–H and O–H groups in total. The number of carbonyl (C=O) groups is 1. The monoisotopic (exact) mass is 310 g/mol. The van der Waals surface area contributed by atoms with Crippen molar-refractivity contribution in [1.82, 2.24) is 10.6 Å². The van der Waals surface area contributed by atoms with Gasteiger partial charge >= 0.3 is 6.09 Å². The second-order valence-electron chi connectivity index (χ2n) is 8.14. The van der Waals surface area contributed by atoms with Crippen LogP contribution in [-0.4, -0.2) is 29.8 Å². The van der Waals surface area contributed by atoms with Crippen molar-refractivity contribution < 1.29 is 9.53 Å². The predicted octanol–water partition coefficient (Wildman–Crippen LogP) is 3.99. The summed E-state index contributed by atoms with van der Waals surface area (Å²) in [6.45, 7) is 8.03. The van der Waals surface area contributed by atoms with Crippen LogP contribution in [0.15, 0.2) is 0 Å². The summed E-state index contributed by atoms with van der Waals surface area (Å²) in [7, 11) is 0. The third kappa shape index (κ3) is 5.45. The smallest absolute Gasteiger partial charge is 0.407 e. The lowest BCUT2D eigenvalue weighted by molar-refractivity contribution is 0.0495. The van der Waals surface area contributed by atoms with Crippen LogP contribution in [0.2, 0.25) is 0 Å². The van der Waals surface area contributed by atoms with Crippen LogP contribution in [0, 0.1) is 5.92 Å². The van der Waals surface area contributed by atoms with Gasteiger partial charge in [0.15, 0.2) is 0 Å². The molecule has 0 radical (unpaired) electrons. The second-order valence-corrected chi connectivity index (χ2v) is 8.14. The molecular weight excluding hydrogens is 276 g/mol. The molecule has 2 rings (SSSR count). The molecule has 0 aliphatic heterocycles. The number of amides is 1. The number of nitrogens with one attached hydrogen (secondary N) is 2. The first-order valence-corrected chi connectivity index (χ1v) is 9.11. The van der Waals surface area contributed by atoms with Gasteiger partial charge in [-0.15, -0.1) is 0 Å². The average Bonchev–Trinajstić information content (AvgIpc) is 2.84. The standard InChI is InChI=1S/C18H34N2O2/c1-13(14-9-6-5-7-10-14)19-15-11-8-12-16(15)20-17(21)22-18(2,3)4/h13-16,19H,5-12H2,1-4H3,(H,20,21). The summed E-state index contributed by atoms with van der Waals surface area (Å²) in [5.41, 5.74) is -0.430. The zero-order valence-electron chi connectivity index (χ0n) is 14.8. The highest BCUT2D eigenvalue weighted by molar-refractivity contribution is 5.68. The van der Waals surface area contributed by atoms with Crippen molar-refractivity contribution in [2.75, 3.05) is 0 Å². The van der Waals surface area contributed by atoms with Crippen molar-refractivity contribution in [3.63, 3.8) is 0 Å². The Bertz CT molecular complexity index is 359. The third-order valence-electron chi connectivity index (χ3n) is 5.05. The van der Waals surface area contributed by atoms with Gasteiger partial charge in [0.1, 0.15) is 5.60 Å². The number of carbonyl (C=O) groups excluding carboxylic acids is 1. The zero-order valence-corrected chi connectivity index (χ0v) is 14.8. The average molecular weight is 310 g/mol. The molecule has 0 spiro atoms. The van der Waals surface area contributed by atoms with Gasteiger partial charge in [0.2, 0.25) is 0 Å². The van der Waals surface area contributed by atoms with E-state index in [1.165, 1.54) is 38.5 Å². The van der Waals surface area contributed by atoms with Crippen molar-refractivity contribution in [3.8, 4) is 0 Å². The molecule has 0 heterocycles. The van der Waals surface area contributed by atoms with Crippen LogP contribution >= 0.6 is 0 Å². The molecule has 128 valence electrons. The number of rotatable bonds is 4. The molecular formula is C18H34N2O2. The quantitative estimate of drug-likeness (QED) is 0.825. The predicted molar refractivity (Wildman–Crippen MR) is 90.0 cm³/mol. The Morgan fingerprint density at radius 2 is 1.64 bits per heavy atom. The van der Waals surface area contributed by atoms with E-state index in [0.29, 0.717) is 12.1 Å².